The second-order valence-electron chi connectivity index (χ2n) is 5.64. The van der Waals surface area contributed by atoms with E-state index in [1.807, 2.05) is 0 Å². The molecule has 0 aliphatic heterocycles. The Bertz CT molecular complexity index is 328. The molecular formula is C16H25N. The second-order valence-corrected chi connectivity index (χ2v) is 5.64. The van der Waals surface area contributed by atoms with E-state index >= 15 is 0 Å². The maximum absolute atomic E-state index is 3.62. The lowest BCUT2D eigenvalue weighted by Crippen LogP contribution is -2.29. The van der Waals surface area contributed by atoms with Crippen molar-refractivity contribution in [3.8, 4) is 0 Å². The van der Waals surface area contributed by atoms with Crippen molar-refractivity contribution in [2.45, 2.75) is 46.1 Å². The normalized spacial score (nSPS) is 24.8. The fourth-order valence-electron chi connectivity index (χ4n) is 2.80. The molecule has 2 unspecified atom stereocenters. The Labute approximate surface area is 106 Å². The van der Waals surface area contributed by atoms with Crippen molar-refractivity contribution < 1.29 is 0 Å². The van der Waals surface area contributed by atoms with E-state index in [9.17, 15) is 0 Å². The van der Waals surface area contributed by atoms with Crippen LogP contribution in [-0.2, 0) is 6.54 Å². The first-order chi connectivity index (χ1) is 8.25. The first kappa shape index (κ1) is 12.6. The highest BCUT2D eigenvalue weighted by molar-refractivity contribution is 5.21. The molecule has 1 aromatic carbocycles. The van der Waals surface area contributed by atoms with Gasteiger partial charge in [0.25, 0.3) is 0 Å². The average molecular weight is 231 g/mol. The summed E-state index contributed by atoms with van der Waals surface area (Å²) < 4.78 is 0. The van der Waals surface area contributed by atoms with Gasteiger partial charge in [-0.05, 0) is 37.3 Å². The van der Waals surface area contributed by atoms with Crippen molar-refractivity contribution in [2.24, 2.45) is 11.8 Å². The van der Waals surface area contributed by atoms with Gasteiger partial charge >= 0.3 is 0 Å². The van der Waals surface area contributed by atoms with Crippen molar-refractivity contribution in [3.63, 3.8) is 0 Å². The van der Waals surface area contributed by atoms with E-state index in [-0.39, 0.29) is 0 Å². The summed E-state index contributed by atoms with van der Waals surface area (Å²) in [6, 6.07) is 8.85. The summed E-state index contributed by atoms with van der Waals surface area (Å²) in [4.78, 5) is 0. The number of nitrogens with one attached hydrogen (secondary N) is 1. The van der Waals surface area contributed by atoms with Gasteiger partial charge in [0.1, 0.15) is 0 Å². The predicted molar refractivity (Wildman–Crippen MR) is 74.0 cm³/mol. The molecule has 1 saturated carbocycles. The molecule has 0 saturated heterocycles. The van der Waals surface area contributed by atoms with Crippen LogP contribution in [0.3, 0.4) is 0 Å². The molecule has 0 amide bonds. The molecule has 0 radical (unpaired) electrons. The summed E-state index contributed by atoms with van der Waals surface area (Å²) in [6.45, 7) is 6.76. The minimum atomic E-state index is 0.897. The lowest BCUT2D eigenvalue weighted by atomic mass is 9.80. The Morgan fingerprint density at radius 2 is 1.82 bits per heavy atom. The Morgan fingerprint density at radius 1 is 1.12 bits per heavy atom. The fourth-order valence-corrected chi connectivity index (χ4v) is 2.80. The fraction of sp³-hybridized carbons (Fsp3) is 0.625. The van der Waals surface area contributed by atoms with Crippen LogP contribution in [0.25, 0.3) is 0 Å². The molecule has 2 rings (SSSR count). The second kappa shape index (κ2) is 6.20. The van der Waals surface area contributed by atoms with Crippen molar-refractivity contribution in [1.29, 1.82) is 0 Å². The van der Waals surface area contributed by atoms with Crippen LogP contribution in [0, 0.1) is 18.8 Å². The van der Waals surface area contributed by atoms with Crippen LogP contribution in [0.4, 0.5) is 0 Å². The summed E-state index contributed by atoms with van der Waals surface area (Å²) >= 11 is 0. The smallest absolute Gasteiger partial charge is 0.0205 e. The third-order valence-electron chi connectivity index (χ3n) is 4.15. The zero-order valence-electron chi connectivity index (χ0n) is 11.2. The molecule has 17 heavy (non-hydrogen) atoms. The largest absolute Gasteiger partial charge is 0.312 e. The molecule has 1 fully saturated rings. The van der Waals surface area contributed by atoms with Crippen LogP contribution in [0.15, 0.2) is 24.3 Å². The molecule has 1 aliphatic carbocycles. The molecule has 1 nitrogen and oxygen atoms in total. The van der Waals surface area contributed by atoms with E-state index in [0.29, 0.717) is 0 Å². The summed E-state index contributed by atoms with van der Waals surface area (Å²) in [5, 5.41) is 3.62. The summed E-state index contributed by atoms with van der Waals surface area (Å²) in [5.74, 6) is 1.81. The first-order valence-corrected chi connectivity index (χ1v) is 7.02. The number of hydrogen-bond acceptors (Lipinski definition) is 1. The Morgan fingerprint density at radius 3 is 2.53 bits per heavy atom. The van der Waals surface area contributed by atoms with Crippen LogP contribution in [-0.4, -0.2) is 6.54 Å². The summed E-state index contributed by atoms with van der Waals surface area (Å²) in [5.41, 5.74) is 2.74. The Kier molecular flexibility index (Phi) is 4.61. The molecule has 94 valence electrons. The Balaban J connectivity index is 1.73. The van der Waals surface area contributed by atoms with Crippen molar-refractivity contribution >= 4 is 0 Å². The first-order valence-electron chi connectivity index (χ1n) is 7.02. The van der Waals surface area contributed by atoms with Gasteiger partial charge in [0.05, 0.1) is 0 Å². The predicted octanol–water partition coefficient (Wildman–Crippen LogP) is 3.91. The Hall–Kier alpha value is -0.820. The monoisotopic (exact) mass is 231 g/mol. The number of benzene rings is 1. The van der Waals surface area contributed by atoms with Gasteiger partial charge in [0.15, 0.2) is 0 Å². The van der Waals surface area contributed by atoms with Gasteiger partial charge in [0.2, 0.25) is 0 Å². The van der Waals surface area contributed by atoms with Crippen molar-refractivity contribution in [2.75, 3.05) is 6.54 Å². The highest BCUT2D eigenvalue weighted by Gasteiger charge is 2.20. The lowest BCUT2D eigenvalue weighted by Gasteiger charge is -2.28. The van der Waals surface area contributed by atoms with E-state index in [0.717, 1.165) is 18.4 Å². The van der Waals surface area contributed by atoms with Gasteiger partial charge in [-0.15, -0.1) is 0 Å². The van der Waals surface area contributed by atoms with Gasteiger partial charge in [-0.3, -0.25) is 0 Å². The van der Waals surface area contributed by atoms with Crippen LogP contribution >= 0.6 is 0 Å². The number of aryl methyl sites for hydroxylation is 1. The summed E-state index contributed by atoms with van der Waals surface area (Å²) in [7, 11) is 0. The number of hydrogen-bond donors (Lipinski definition) is 1. The molecule has 0 bridgehead atoms. The zero-order valence-corrected chi connectivity index (χ0v) is 11.2. The van der Waals surface area contributed by atoms with E-state index in [4.69, 9.17) is 0 Å². The highest BCUT2D eigenvalue weighted by atomic mass is 14.9. The standard InChI is InChI=1S/C16H25N/c1-13-7-9-15(10-8-13)11-17-12-16-6-4-3-5-14(16)2/h7-10,14,16-17H,3-6,11-12H2,1-2H3. The maximum atomic E-state index is 3.62. The lowest BCUT2D eigenvalue weighted by molar-refractivity contribution is 0.247. The van der Waals surface area contributed by atoms with Gasteiger partial charge in [-0.1, -0.05) is 56.0 Å². The minimum Gasteiger partial charge on any atom is -0.312 e. The third-order valence-corrected chi connectivity index (χ3v) is 4.15. The van der Waals surface area contributed by atoms with Gasteiger partial charge in [0, 0.05) is 6.54 Å². The molecule has 1 heteroatoms. The van der Waals surface area contributed by atoms with E-state index < -0.39 is 0 Å². The molecular weight excluding hydrogens is 206 g/mol. The highest BCUT2D eigenvalue weighted by Crippen LogP contribution is 2.28. The molecule has 1 aliphatic rings. The quantitative estimate of drug-likeness (QED) is 0.828. The van der Waals surface area contributed by atoms with Crippen LogP contribution in [0.5, 0.6) is 0 Å². The molecule has 1 aromatic rings. The topological polar surface area (TPSA) is 12.0 Å². The molecule has 0 heterocycles. The van der Waals surface area contributed by atoms with Gasteiger partial charge in [-0.25, -0.2) is 0 Å². The molecule has 1 N–H and O–H groups in total. The van der Waals surface area contributed by atoms with Crippen molar-refractivity contribution in [1.82, 2.24) is 5.32 Å². The van der Waals surface area contributed by atoms with E-state index in [1.54, 1.807) is 0 Å². The molecule has 2 atom stereocenters. The van der Waals surface area contributed by atoms with Crippen molar-refractivity contribution in [3.05, 3.63) is 35.4 Å². The zero-order chi connectivity index (χ0) is 12.1. The number of rotatable bonds is 4. The maximum Gasteiger partial charge on any atom is 0.0205 e. The SMILES string of the molecule is Cc1ccc(CNCC2CCCCC2C)cc1. The van der Waals surface area contributed by atoms with Crippen LogP contribution in [0.2, 0.25) is 0 Å². The molecule has 0 aromatic heterocycles. The van der Waals surface area contributed by atoms with Crippen LogP contribution in [0.1, 0.15) is 43.7 Å². The minimum absolute atomic E-state index is 0.897. The van der Waals surface area contributed by atoms with E-state index in [1.165, 1.54) is 43.4 Å². The molecule has 0 spiro atoms. The van der Waals surface area contributed by atoms with Gasteiger partial charge < -0.3 is 5.32 Å². The van der Waals surface area contributed by atoms with Crippen LogP contribution < -0.4 is 5.32 Å². The average Bonchev–Trinajstić information content (AvgIpc) is 2.34. The van der Waals surface area contributed by atoms with E-state index in [2.05, 4.69) is 43.4 Å². The third kappa shape index (κ3) is 3.85. The summed E-state index contributed by atoms with van der Waals surface area (Å²) in [6.07, 6.45) is 5.72. The van der Waals surface area contributed by atoms with Gasteiger partial charge in [-0.2, -0.15) is 0 Å².